The highest BCUT2D eigenvalue weighted by Crippen LogP contribution is 2.24. The summed E-state index contributed by atoms with van der Waals surface area (Å²) in [4.78, 5) is 22.8. The predicted octanol–water partition coefficient (Wildman–Crippen LogP) is 2.54. The fourth-order valence-electron chi connectivity index (χ4n) is 1.34. The lowest BCUT2D eigenvalue weighted by Gasteiger charge is -2.12. The summed E-state index contributed by atoms with van der Waals surface area (Å²) in [5, 5.41) is 3.74. The first kappa shape index (κ1) is 12.6. The van der Waals surface area contributed by atoms with Crippen LogP contribution in [0.15, 0.2) is 29.5 Å². The van der Waals surface area contributed by atoms with Gasteiger partial charge in [0.1, 0.15) is 12.4 Å². The number of esters is 1. The van der Waals surface area contributed by atoms with Crippen molar-refractivity contribution in [3.05, 3.63) is 35.0 Å². The molecule has 1 aromatic rings. The quantitative estimate of drug-likeness (QED) is 0.565. The first-order valence-electron chi connectivity index (χ1n) is 4.94. The molecule has 0 fully saturated rings. The fraction of sp³-hybridized carbons (Fsp3) is 0.333. The Morgan fingerprint density at radius 2 is 2.38 bits per heavy atom. The van der Waals surface area contributed by atoms with Crippen molar-refractivity contribution in [1.29, 1.82) is 0 Å². The van der Waals surface area contributed by atoms with Crippen molar-refractivity contribution in [2.24, 2.45) is 0 Å². The molecule has 1 aromatic heterocycles. The number of thiophene rings is 1. The van der Waals surface area contributed by atoms with E-state index in [1.807, 2.05) is 16.8 Å². The minimum absolute atomic E-state index is 0.0215. The minimum atomic E-state index is -0.483. The SMILES string of the molecule is C=CCOC(=O)C(CC(C)=O)c1ccsc1. The molecule has 16 heavy (non-hydrogen) atoms. The zero-order chi connectivity index (χ0) is 12.0. The van der Waals surface area contributed by atoms with Crippen LogP contribution in [0.3, 0.4) is 0 Å². The third-order valence-corrected chi connectivity index (χ3v) is 2.77. The fourth-order valence-corrected chi connectivity index (χ4v) is 2.05. The van der Waals surface area contributed by atoms with E-state index in [1.54, 1.807) is 0 Å². The van der Waals surface area contributed by atoms with Gasteiger partial charge in [0.15, 0.2) is 0 Å². The Bertz CT molecular complexity index is 368. The maximum Gasteiger partial charge on any atom is 0.314 e. The molecule has 0 saturated heterocycles. The van der Waals surface area contributed by atoms with Gasteiger partial charge in [-0.2, -0.15) is 11.3 Å². The first-order valence-corrected chi connectivity index (χ1v) is 5.88. The summed E-state index contributed by atoms with van der Waals surface area (Å²) in [6.45, 7) is 5.12. The van der Waals surface area contributed by atoms with Crippen LogP contribution in [-0.4, -0.2) is 18.4 Å². The van der Waals surface area contributed by atoms with Crippen molar-refractivity contribution in [2.45, 2.75) is 19.3 Å². The number of ketones is 1. The highest BCUT2D eigenvalue weighted by Gasteiger charge is 2.23. The summed E-state index contributed by atoms with van der Waals surface area (Å²) in [5.41, 5.74) is 0.842. The summed E-state index contributed by atoms with van der Waals surface area (Å²) in [7, 11) is 0. The molecule has 4 heteroatoms. The van der Waals surface area contributed by atoms with Crippen molar-refractivity contribution >= 4 is 23.1 Å². The predicted molar refractivity (Wildman–Crippen MR) is 63.5 cm³/mol. The van der Waals surface area contributed by atoms with Gasteiger partial charge in [-0.1, -0.05) is 12.7 Å². The van der Waals surface area contributed by atoms with Gasteiger partial charge < -0.3 is 4.74 Å². The largest absolute Gasteiger partial charge is 0.461 e. The van der Waals surface area contributed by atoms with Crippen LogP contribution >= 0.6 is 11.3 Å². The Balaban J connectivity index is 2.75. The van der Waals surface area contributed by atoms with Crippen LogP contribution in [0.5, 0.6) is 0 Å². The van der Waals surface area contributed by atoms with E-state index in [9.17, 15) is 9.59 Å². The molecule has 0 aromatic carbocycles. The monoisotopic (exact) mass is 238 g/mol. The van der Waals surface area contributed by atoms with Crippen molar-refractivity contribution in [3.63, 3.8) is 0 Å². The lowest BCUT2D eigenvalue weighted by molar-refractivity contribution is -0.145. The smallest absolute Gasteiger partial charge is 0.314 e. The molecule has 3 nitrogen and oxygen atoms in total. The highest BCUT2D eigenvalue weighted by atomic mass is 32.1. The zero-order valence-electron chi connectivity index (χ0n) is 9.14. The Morgan fingerprint density at radius 3 is 2.88 bits per heavy atom. The van der Waals surface area contributed by atoms with Crippen LogP contribution in [0.4, 0.5) is 0 Å². The lowest BCUT2D eigenvalue weighted by Crippen LogP contribution is -2.18. The Labute approximate surface area is 98.7 Å². The van der Waals surface area contributed by atoms with Crippen molar-refractivity contribution in [2.75, 3.05) is 6.61 Å². The lowest BCUT2D eigenvalue weighted by atomic mass is 9.97. The van der Waals surface area contributed by atoms with Gasteiger partial charge in [-0.3, -0.25) is 9.59 Å². The number of ether oxygens (including phenoxy) is 1. The molecule has 0 bridgehead atoms. The van der Waals surface area contributed by atoms with Gasteiger partial charge in [0.25, 0.3) is 0 Å². The molecule has 0 aliphatic carbocycles. The molecular weight excluding hydrogens is 224 g/mol. The standard InChI is InChI=1S/C12H14O3S/c1-3-5-15-12(14)11(7-9(2)13)10-4-6-16-8-10/h3-4,6,8,11H,1,5,7H2,2H3. The summed E-state index contributed by atoms with van der Waals surface area (Å²) in [6.07, 6.45) is 1.70. The van der Waals surface area contributed by atoms with Crippen molar-refractivity contribution in [3.8, 4) is 0 Å². The van der Waals surface area contributed by atoms with Crippen LogP contribution in [0.1, 0.15) is 24.8 Å². The van der Waals surface area contributed by atoms with Crippen LogP contribution in [-0.2, 0) is 14.3 Å². The van der Waals surface area contributed by atoms with E-state index >= 15 is 0 Å². The van der Waals surface area contributed by atoms with Gasteiger partial charge in [0, 0.05) is 6.42 Å². The maximum absolute atomic E-state index is 11.7. The van der Waals surface area contributed by atoms with E-state index in [-0.39, 0.29) is 24.8 Å². The number of hydrogen-bond donors (Lipinski definition) is 0. The summed E-state index contributed by atoms with van der Waals surface area (Å²) < 4.78 is 4.97. The van der Waals surface area contributed by atoms with Gasteiger partial charge in [0.2, 0.25) is 0 Å². The average molecular weight is 238 g/mol. The third-order valence-electron chi connectivity index (χ3n) is 2.07. The molecule has 0 aliphatic heterocycles. The molecule has 0 N–H and O–H groups in total. The second-order valence-electron chi connectivity index (χ2n) is 3.43. The Kier molecular flexibility index (Phi) is 4.92. The molecule has 0 aliphatic rings. The Morgan fingerprint density at radius 1 is 1.62 bits per heavy atom. The minimum Gasteiger partial charge on any atom is -0.461 e. The molecule has 0 spiro atoms. The second kappa shape index (κ2) is 6.23. The molecule has 0 saturated carbocycles. The maximum atomic E-state index is 11.7. The third kappa shape index (κ3) is 3.62. The summed E-state index contributed by atoms with van der Waals surface area (Å²) in [6, 6.07) is 1.84. The van der Waals surface area contributed by atoms with Crippen molar-refractivity contribution < 1.29 is 14.3 Å². The molecule has 1 rings (SSSR count). The van der Waals surface area contributed by atoms with E-state index in [1.165, 1.54) is 24.3 Å². The summed E-state index contributed by atoms with van der Waals surface area (Å²) in [5.74, 6) is -0.871. The summed E-state index contributed by atoms with van der Waals surface area (Å²) >= 11 is 1.50. The molecule has 0 radical (unpaired) electrons. The number of rotatable bonds is 6. The van der Waals surface area contributed by atoms with E-state index in [4.69, 9.17) is 4.74 Å². The van der Waals surface area contributed by atoms with E-state index < -0.39 is 5.92 Å². The van der Waals surface area contributed by atoms with Crippen LogP contribution in [0.25, 0.3) is 0 Å². The van der Waals surface area contributed by atoms with Crippen LogP contribution in [0.2, 0.25) is 0 Å². The van der Waals surface area contributed by atoms with Crippen LogP contribution in [0, 0.1) is 0 Å². The van der Waals surface area contributed by atoms with E-state index in [2.05, 4.69) is 6.58 Å². The molecule has 1 atom stereocenters. The van der Waals surface area contributed by atoms with Crippen molar-refractivity contribution in [1.82, 2.24) is 0 Å². The van der Waals surface area contributed by atoms with Crippen LogP contribution < -0.4 is 0 Å². The molecule has 86 valence electrons. The number of hydrogen-bond acceptors (Lipinski definition) is 4. The van der Waals surface area contributed by atoms with Gasteiger partial charge in [0.05, 0.1) is 5.92 Å². The molecular formula is C12H14O3S. The molecule has 1 unspecified atom stereocenters. The number of Topliss-reactive ketones (excluding diaryl/α,β-unsaturated/α-hetero) is 1. The van der Waals surface area contributed by atoms with E-state index in [0.717, 1.165) is 5.56 Å². The highest BCUT2D eigenvalue weighted by molar-refractivity contribution is 7.08. The molecule has 1 heterocycles. The van der Waals surface area contributed by atoms with Gasteiger partial charge >= 0.3 is 5.97 Å². The second-order valence-corrected chi connectivity index (χ2v) is 4.21. The number of carbonyl (C=O) groups excluding carboxylic acids is 2. The van der Waals surface area contributed by atoms with Gasteiger partial charge in [-0.15, -0.1) is 0 Å². The van der Waals surface area contributed by atoms with E-state index in [0.29, 0.717) is 0 Å². The topological polar surface area (TPSA) is 43.4 Å². The average Bonchev–Trinajstić information content (AvgIpc) is 2.75. The number of carbonyl (C=O) groups is 2. The van der Waals surface area contributed by atoms with Gasteiger partial charge in [-0.05, 0) is 29.3 Å². The molecule has 0 amide bonds. The normalized spacial score (nSPS) is 11.8. The van der Waals surface area contributed by atoms with Gasteiger partial charge in [-0.25, -0.2) is 0 Å². The Hall–Kier alpha value is -1.42. The first-order chi connectivity index (χ1) is 7.65. The zero-order valence-corrected chi connectivity index (χ0v) is 9.96.